The fourth-order valence-corrected chi connectivity index (χ4v) is 5.04. The van der Waals surface area contributed by atoms with E-state index in [4.69, 9.17) is 4.74 Å². The molecule has 0 spiro atoms. The van der Waals surface area contributed by atoms with Gasteiger partial charge in [0.1, 0.15) is 11.6 Å². The molecular formula is C19H24N4O2S. The number of hydrogen-bond acceptors (Lipinski definition) is 6. The van der Waals surface area contributed by atoms with Gasteiger partial charge in [0.2, 0.25) is 10.8 Å². The number of para-hydroxylation sites is 1. The average molecular weight is 372 g/mol. The normalized spacial score (nSPS) is 19.7. The number of nitrogens with zero attached hydrogens (tertiary/aromatic N) is 4. The summed E-state index contributed by atoms with van der Waals surface area (Å²) in [7, 11) is 1.70. The molecule has 7 heteroatoms. The molecule has 1 aliphatic rings. The second kappa shape index (κ2) is 6.89. The molecule has 138 valence electrons. The molecule has 1 aliphatic heterocycles. The molecule has 4 rings (SSSR count). The standard InChI is InChI=1S/C19H24N4O2S/c1-12-7-6-10-22(11-12)16(14-8-4-5-9-15(14)25-3)17-18(24)23-19(26-17)20-13(2)21-23/h4-5,8-9,12,16,24H,6-7,10-11H2,1-3H3/t12-,16+/m0/s1. The number of piperidine rings is 1. The van der Waals surface area contributed by atoms with Crippen molar-refractivity contribution in [3.63, 3.8) is 0 Å². The van der Waals surface area contributed by atoms with Crippen molar-refractivity contribution >= 4 is 16.3 Å². The van der Waals surface area contributed by atoms with Gasteiger partial charge in [-0.15, -0.1) is 5.10 Å². The van der Waals surface area contributed by atoms with Crippen LogP contribution in [-0.4, -0.2) is 44.8 Å². The summed E-state index contributed by atoms with van der Waals surface area (Å²) >= 11 is 1.50. The molecule has 1 aromatic carbocycles. The topological polar surface area (TPSA) is 62.9 Å². The molecule has 0 radical (unpaired) electrons. The van der Waals surface area contributed by atoms with Crippen molar-refractivity contribution < 1.29 is 9.84 Å². The maximum absolute atomic E-state index is 10.9. The van der Waals surface area contributed by atoms with Gasteiger partial charge in [-0.25, -0.2) is 4.98 Å². The Balaban J connectivity index is 1.86. The molecule has 0 aliphatic carbocycles. The number of benzene rings is 1. The van der Waals surface area contributed by atoms with Crippen LogP contribution < -0.4 is 4.74 Å². The van der Waals surface area contributed by atoms with E-state index < -0.39 is 0 Å². The minimum atomic E-state index is -0.0669. The van der Waals surface area contributed by atoms with E-state index in [-0.39, 0.29) is 11.9 Å². The van der Waals surface area contributed by atoms with Crippen molar-refractivity contribution in [3.05, 3.63) is 40.5 Å². The Bertz CT molecular complexity index is 920. The summed E-state index contributed by atoms with van der Waals surface area (Å²) in [6.45, 7) is 6.12. The van der Waals surface area contributed by atoms with E-state index >= 15 is 0 Å². The van der Waals surface area contributed by atoms with Gasteiger partial charge in [0.05, 0.1) is 18.0 Å². The SMILES string of the molecule is COc1ccccc1[C@H](c1sc2nc(C)nn2c1O)N1CCC[C@H](C)C1. The summed E-state index contributed by atoms with van der Waals surface area (Å²) in [6, 6.07) is 8.00. The van der Waals surface area contributed by atoms with E-state index in [1.54, 1.807) is 11.6 Å². The molecule has 1 saturated heterocycles. The molecule has 26 heavy (non-hydrogen) atoms. The van der Waals surface area contributed by atoms with Gasteiger partial charge in [0, 0.05) is 12.1 Å². The second-order valence-electron chi connectivity index (χ2n) is 7.03. The summed E-state index contributed by atoms with van der Waals surface area (Å²) in [5, 5.41) is 15.2. The van der Waals surface area contributed by atoms with Crippen molar-refractivity contribution in [2.75, 3.05) is 20.2 Å². The van der Waals surface area contributed by atoms with Crippen molar-refractivity contribution in [1.29, 1.82) is 0 Å². The van der Waals surface area contributed by atoms with Gasteiger partial charge in [0.15, 0.2) is 0 Å². The molecule has 2 atom stereocenters. The van der Waals surface area contributed by atoms with Crippen LogP contribution in [0.15, 0.2) is 24.3 Å². The van der Waals surface area contributed by atoms with E-state index in [0.29, 0.717) is 11.7 Å². The molecule has 3 heterocycles. The number of fused-ring (bicyclic) bond motifs is 1. The number of aromatic nitrogens is 3. The zero-order valence-electron chi connectivity index (χ0n) is 15.3. The van der Waals surface area contributed by atoms with Gasteiger partial charge >= 0.3 is 0 Å². The Kier molecular flexibility index (Phi) is 4.58. The zero-order valence-corrected chi connectivity index (χ0v) is 16.2. The van der Waals surface area contributed by atoms with E-state index in [0.717, 1.165) is 40.7 Å². The van der Waals surface area contributed by atoms with Gasteiger partial charge in [-0.3, -0.25) is 4.90 Å². The molecular weight excluding hydrogens is 348 g/mol. The molecule has 0 saturated carbocycles. The first kappa shape index (κ1) is 17.3. The third kappa shape index (κ3) is 2.95. The van der Waals surface area contributed by atoms with E-state index in [2.05, 4.69) is 28.0 Å². The summed E-state index contributed by atoms with van der Waals surface area (Å²) in [5.41, 5.74) is 1.07. The Labute approximate surface area is 157 Å². The lowest BCUT2D eigenvalue weighted by atomic mass is 9.95. The number of methoxy groups -OCH3 is 1. The monoisotopic (exact) mass is 372 g/mol. The highest BCUT2D eigenvalue weighted by Crippen LogP contribution is 2.43. The first-order valence-electron chi connectivity index (χ1n) is 9.00. The van der Waals surface area contributed by atoms with Gasteiger partial charge in [-0.1, -0.05) is 36.5 Å². The average Bonchev–Trinajstić information content (AvgIpc) is 3.14. The number of hydrogen-bond donors (Lipinski definition) is 1. The summed E-state index contributed by atoms with van der Waals surface area (Å²) in [5.74, 6) is 2.32. The number of aryl methyl sites for hydroxylation is 1. The van der Waals surface area contributed by atoms with Crippen LogP contribution in [0.3, 0.4) is 0 Å². The van der Waals surface area contributed by atoms with E-state index in [1.807, 2.05) is 25.1 Å². The number of likely N-dealkylation sites (tertiary alicyclic amines) is 1. The van der Waals surface area contributed by atoms with Crippen LogP contribution in [-0.2, 0) is 0 Å². The van der Waals surface area contributed by atoms with Gasteiger partial charge in [0.25, 0.3) is 0 Å². The van der Waals surface area contributed by atoms with Crippen LogP contribution >= 0.6 is 11.3 Å². The smallest absolute Gasteiger partial charge is 0.230 e. The molecule has 3 aromatic rings. The number of rotatable bonds is 4. The molecule has 1 N–H and O–H groups in total. The Morgan fingerprint density at radius 2 is 2.15 bits per heavy atom. The van der Waals surface area contributed by atoms with Crippen molar-refractivity contribution in [1.82, 2.24) is 19.5 Å². The maximum atomic E-state index is 10.9. The van der Waals surface area contributed by atoms with Gasteiger partial charge in [-0.2, -0.15) is 4.52 Å². The summed E-state index contributed by atoms with van der Waals surface area (Å²) in [6.07, 6.45) is 2.41. The fourth-order valence-electron chi connectivity index (χ4n) is 3.88. The van der Waals surface area contributed by atoms with E-state index in [9.17, 15) is 5.11 Å². The van der Waals surface area contributed by atoms with Crippen LogP contribution in [0.5, 0.6) is 11.6 Å². The lowest BCUT2D eigenvalue weighted by Gasteiger charge is -2.37. The summed E-state index contributed by atoms with van der Waals surface area (Å²) < 4.78 is 7.19. The third-order valence-corrected chi connectivity index (χ3v) is 6.11. The maximum Gasteiger partial charge on any atom is 0.230 e. The van der Waals surface area contributed by atoms with Crippen LogP contribution in [0.2, 0.25) is 0 Å². The Hall–Kier alpha value is -2.12. The van der Waals surface area contributed by atoms with Gasteiger partial charge in [-0.05, 0) is 38.3 Å². The predicted molar refractivity (Wildman–Crippen MR) is 102 cm³/mol. The minimum absolute atomic E-state index is 0.0669. The zero-order chi connectivity index (χ0) is 18.3. The van der Waals surface area contributed by atoms with Crippen LogP contribution in [0.1, 0.15) is 42.1 Å². The quantitative estimate of drug-likeness (QED) is 0.758. The first-order valence-corrected chi connectivity index (χ1v) is 9.82. The largest absolute Gasteiger partial charge is 0.496 e. The molecule has 0 amide bonds. The number of aromatic hydroxyl groups is 1. The highest BCUT2D eigenvalue weighted by Gasteiger charge is 2.33. The lowest BCUT2D eigenvalue weighted by molar-refractivity contribution is 0.147. The molecule has 6 nitrogen and oxygen atoms in total. The minimum Gasteiger partial charge on any atom is -0.496 e. The molecule has 2 aromatic heterocycles. The second-order valence-corrected chi connectivity index (χ2v) is 8.04. The molecule has 1 fully saturated rings. The first-order chi connectivity index (χ1) is 12.6. The van der Waals surface area contributed by atoms with Gasteiger partial charge < -0.3 is 9.84 Å². The molecule has 0 bridgehead atoms. The van der Waals surface area contributed by atoms with Crippen LogP contribution in [0.4, 0.5) is 0 Å². The predicted octanol–water partition coefficient (Wildman–Crippen LogP) is 3.63. The summed E-state index contributed by atoms with van der Waals surface area (Å²) in [4.78, 5) is 8.48. The van der Waals surface area contributed by atoms with E-state index in [1.165, 1.54) is 17.8 Å². The van der Waals surface area contributed by atoms with Crippen molar-refractivity contribution in [3.8, 4) is 11.6 Å². The Morgan fingerprint density at radius 3 is 2.88 bits per heavy atom. The third-order valence-electron chi connectivity index (χ3n) is 5.04. The van der Waals surface area contributed by atoms with Crippen molar-refractivity contribution in [2.45, 2.75) is 32.7 Å². The highest BCUT2D eigenvalue weighted by molar-refractivity contribution is 7.17. The number of ether oxygens (including phenoxy) is 1. The lowest BCUT2D eigenvalue weighted by Crippen LogP contribution is -2.37. The van der Waals surface area contributed by atoms with Crippen molar-refractivity contribution in [2.24, 2.45) is 5.92 Å². The number of thiazole rings is 1. The van der Waals surface area contributed by atoms with Crippen LogP contribution in [0, 0.1) is 12.8 Å². The molecule has 0 unspecified atom stereocenters. The fraction of sp³-hybridized carbons (Fsp3) is 0.474. The van der Waals surface area contributed by atoms with Crippen LogP contribution in [0.25, 0.3) is 4.96 Å². The Morgan fingerprint density at radius 1 is 1.35 bits per heavy atom. The highest BCUT2D eigenvalue weighted by atomic mass is 32.1.